The zero-order valence-corrected chi connectivity index (χ0v) is 21.3. The molecule has 2 aromatic carbocycles. The van der Waals surface area contributed by atoms with Gasteiger partial charge in [0.15, 0.2) is 0 Å². The lowest BCUT2D eigenvalue weighted by Crippen LogP contribution is -2.78. The Bertz CT molecular complexity index is 1500. The van der Waals surface area contributed by atoms with Crippen LogP contribution in [0.3, 0.4) is 0 Å². The Morgan fingerprint density at radius 1 is 0.939 bits per heavy atom. The van der Waals surface area contributed by atoms with Crippen molar-refractivity contribution in [1.29, 1.82) is 0 Å². The van der Waals surface area contributed by atoms with Gasteiger partial charge in [0.25, 0.3) is 0 Å². The van der Waals surface area contributed by atoms with Gasteiger partial charge in [-0.2, -0.15) is 0 Å². The van der Waals surface area contributed by atoms with E-state index in [-0.39, 0.29) is 5.96 Å². The number of nitrogens with zero attached hydrogens (tertiary/aromatic N) is 2. The third-order valence-corrected chi connectivity index (χ3v) is 7.18. The summed E-state index contributed by atoms with van der Waals surface area (Å²) in [5.74, 6) is 0.945. The third-order valence-electron chi connectivity index (χ3n) is 5.23. The van der Waals surface area contributed by atoms with Gasteiger partial charge in [-0.05, 0) is 24.3 Å². The van der Waals surface area contributed by atoms with Crippen molar-refractivity contribution in [3.63, 3.8) is 0 Å². The number of hydrogen-bond acceptors (Lipinski definition) is 3. The summed E-state index contributed by atoms with van der Waals surface area (Å²) in [7, 11) is 0. The average molecular weight is 586 g/mol. The van der Waals surface area contributed by atoms with Crippen molar-refractivity contribution in [3.8, 4) is 22.5 Å². The molecule has 0 fully saturated rings. The predicted octanol–water partition coefficient (Wildman–Crippen LogP) is 3.74. The molecule has 0 amide bonds. The van der Waals surface area contributed by atoms with Crippen molar-refractivity contribution >= 4 is 71.4 Å². The van der Waals surface area contributed by atoms with E-state index in [4.69, 9.17) is 21.4 Å². The van der Waals surface area contributed by atoms with Gasteiger partial charge < -0.3 is 9.97 Å². The number of nitrogens with two attached hydrogens (primary N) is 2. The lowest BCUT2D eigenvalue weighted by molar-refractivity contribution is -0.453. The van der Waals surface area contributed by atoms with Crippen LogP contribution >= 0.6 is 43.6 Å². The van der Waals surface area contributed by atoms with Gasteiger partial charge in [-0.15, -0.1) is 11.8 Å². The highest BCUT2D eigenvalue weighted by Gasteiger charge is 2.17. The van der Waals surface area contributed by atoms with Gasteiger partial charge in [-0.25, -0.2) is 4.98 Å². The Morgan fingerprint density at radius 2 is 1.58 bits per heavy atom. The molecule has 0 aliphatic heterocycles. The summed E-state index contributed by atoms with van der Waals surface area (Å²) in [4.78, 5) is 19.5. The van der Waals surface area contributed by atoms with Crippen LogP contribution < -0.4 is 16.5 Å². The first kappa shape index (κ1) is 22.0. The van der Waals surface area contributed by atoms with E-state index in [0.29, 0.717) is 6.54 Å². The Kier molecular flexibility index (Phi) is 6.13. The van der Waals surface area contributed by atoms with Crippen LogP contribution in [0.2, 0.25) is 0 Å². The van der Waals surface area contributed by atoms with Crippen molar-refractivity contribution in [1.82, 2.24) is 19.9 Å². The van der Waals surface area contributed by atoms with Crippen molar-refractivity contribution in [2.24, 2.45) is 11.5 Å². The molecule has 7 nitrogen and oxygen atoms in total. The van der Waals surface area contributed by atoms with Gasteiger partial charge in [0.05, 0.1) is 18.4 Å². The molecular weight excluding hydrogens is 566 g/mol. The van der Waals surface area contributed by atoms with E-state index in [0.717, 1.165) is 64.0 Å². The summed E-state index contributed by atoms with van der Waals surface area (Å²) in [5, 5.41) is 3.04. The van der Waals surface area contributed by atoms with Gasteiger partial charge in [0.2, 0.25) is 0 Å². The molecule has 0 unspecified atom stereocenters. The minimum atomic E-state index is 0.211. The second-order valence-electron chi connectivity index (χ2n) is 7.42. The third kappa shape index (κ3) is 4.50. The molecule has 0 spiro atoms. The molecular formula is C23H20Br2N7S+. The molecule has 7 N–H and O–H groups in total. The minimum absolute atomic E-state index is 0.211. The highest BCUT2D eigenvalue weighted by atomic mass is 79.9. The number of thioether (sulfide) groups is 1. The number of H-pyrrole nitrogens is 2. The molecule has 0 bridgehead atoms. The maximum Gasteiger partial charge on any atom is 0.338 e. The first-order chi connectivity index (χ1) is 16.0. The monoisotopic (exact) mass is 584 g/mol. The van der Waals surface area contributed by atoms with Crippen molar-refractivity contribution in [3.05, 3.63) is 63.9 Å². The van der Waals surface area contributed by atoms with E-state index in [1.54, 1.807) is 11.8 Å². The number of fused-ring (bicyclic) bond motifs is 2. The van der Waals surface area contributed by atoms with Crippen molar-refractivity contribution < 1.29 is 4.99 Å². The summed E-state index contributed by atoms with van der Waals surface area (Å²) < 4.78 is 2.04. The topological polar surface area (TPSA) is 123 Å². The summed E-state index contributed by atoms with van der Waals surface area (Å²) in [6.45, 7) is 0.625. The molecule has 33 heavy (non-hydrogen) atoms. The minimum Gasteiger partial charge on any atom is -0.360 e. The summed E-state index contributed by atoms with van der Waals surface area (Å²) in [5.41, 5.74) is 16.8. The van der Waals surface area contributed by atoms with Crippen LogP contribution in [0, 0.1) is 0 Å². The lowest BCUT2D eigenvalue weighted by Gasteiger charge is -2.09. The normalized spacial score (nSPS) is 11.3. The second kappa shape index (κ2) is 9.20. The molecule has 3 heterocycles. The van der Waals surface area contributed by atoms with Gasteiger partial charge in [-0.3, -0.25) is 21.4 Å². The molecule has 166 valence electrons. The summed E-state index contributed by atoms with van der Waals surface area (Å²) in [6, 6.07) is 12.3. The smallest absolute Gasteiger partial charge is 0.338 e. The number of hydrogen-bond donors (Lipinski definition) is 5. The quantitative estimate of drug-likeness (QED) is 0.0899. The number of benzene rings is 2. The van der Waals surface area contributed by atoms with Crippen LogP contribution in [0.4, 0.5) is 0 Å². The van der Waals surface area contributed by atoms with Gasteiger partial charge >= 0.3 is 5.96 Å². The molecule has 0 radical (unpaired) electrons. The fraction of sp³-hybridized carbons (Fsp3) is 0.0870. The molecule has 0 aliphatic rings. The van der Waals surface area contributed by atoms with Crippen LogP contribution in [-0.2, 0) is 0 Å². The fourth-order valence-corrected chi connectivity index (χ4v) is 5.32. The van der Waals surface area contributed by atoms with E-state index in [1.165, 1.54) is 0 Å². The van der Waals surface area contributed by atoms with E-state index in [1.807, 2.05) is 30.7 Å². The van der Waals surface area contributed by atoms with Crippen molar-refractivity contribution in [2.45, 2.75) is 5.03 Å². The van der Waals surface area contributed by atoms with Crippen molar-refractivity contribution in [2.75, 3.05) is 12.3 Å². The Balaban J connectivity index is 1.60. The van der Waals surface area contributed by atoms with E-state index >= 15 is 0 Å². The number of aromatic amines is 2. The molecule has 0 saturated carbocycles. The summed E-state index contributed by atoms with van der Waals surface area (Å²) >= 11 is 8.68. The van der Waals surface area contributed by atoms with Crippen LogP contribution in [0.15, 0.2) is 69.0 Å². The highest BCUT2D eigenvalue weighted by molar-refractivity contribution is 9.10. The Morgan fingerprint density at radius 3 is 2.24 bits per heavy atom. The van der Waals surface area contributed by atoms with Crippen LogP contribution in [0.1, 0.15) is 0 Å². The Labute approximate surface area is 210 Å². The zero-order chi connectivity index (χ0) is 22.9. The summed E-state index contributed by atoms with van der Waals surface area (Å²) in [6.07, 6.45) is 5.80. The maximum atomic E-state index is 5.54. The van der Waals surface area contributed by atoms with Gasteiger partial charge in [0, 0.05) is 60.0 Å². The number of aromatic nitrogens is 4. The zero-order valence-electron chi connectivity index (χ0n) is 17.3. The second-order valence-corrected chi connectivity index (χ2v) is 10.3. The number of guanidine groups is 1. The first-order valence-corrected chi connectivity index (χ1v) is 12.7. The molecule has 0 aliphatic carbocycles. The highest BCUT2D eigenvalue weighted by Crippen LogP contribution is 2.36. The lowest BCUT2D eigenvalue weighted by atomic mass is 10.1. The van der Waals surface area contributed by atoms with Crippen LogP contribution in [0.5, 0.6) is 0 Å². The molecule has 5 aromatic rings. The van der Waals surface area contributed by atoms with Crippen LogP contribution in [-0.4, -0.2) is 38.2 Å². The standard InChI is InChI=1S/C23H19Br2N7S/c24-12-1-3-14-16(9-29-18(14)7-12)20-11-31-21(22(32-20)33-6-5-28-23(26)27)17-10-30-19-8-13(25)2-4-15(17)19/h1-4,7-11,29-30H,5-6H2,(H4,26,27,28)/p+1. The number of nitrogens with one attached hydrogen (secondary N) is 3. The number of halogens is 2. The predicted molar refractivity (Wildman–Crippen MR) is 142 cm³/mol. The van der Waals surface area contributed by atoms with Gasteiger partial charge in [0.1, 0.15) is 10.7 Å². The van der Waals surface area contributed by atoms with E-state index < -0.39 is 0 Å². The van der Waals surface area contributed by atoms with Gasteiger partial charge in [-0.1, -0.05) is 44.0 Å². The molecule has 10 heteroatoms. The Hall–Kier alpha value is -2.82. The SMILES string of the molecule is NC(N)=[NH+]CCSc1nc(-c2c[nH]c3cc(Br)ccc23)cnc1-c1c[nH]c2cc(Br)ccc12. The molecule has 5 rings (SSSR count). The first-order valence-electron chi connectivity index (χ1n) is 10.2. The van der Waals surface area contributed by atoms with E-state index in [9.17, 15) is 0 Å². The molecule has 3 aromatic heterocycles. The number of rotatable bonds is 6. The molecule has 0 atom stereocenters. The fourth-order valence-electron chi connectivity index (χ4n) is 3.74. The maximum absolute atomic E-state index is 5.54. The average Bonchev–Trinajstić information content (AvgIpc) is 3.40. The largest absolute Gasteiger partial charge is 0.360 e. The molecule has 0 saturated heterocycles. The van der Waals surface area contributed by atoms with E-state index in [2.05, 4.69) is 71.1 Å². The van der Waals surface area contributed by atoms with Crippen LogP contribution in [0.25, 0.3) is 44.3 Å².